The van der Waals surface area contributed by atoms with Crippen LogP contribution >= 0.6 is 15.9 Å². The first-order valence-corrected chi connectivity index (χ1v) is 14.0. The van der Waals surface area contributed by atoms with Crippen molar-refractivity contribution in [1.29, 1.82) is 0 Å². The molecule has 4 aromatic rings. The molecule has 0 saturated carbocycles. The third kappa shape index (κ3) is 5.57. The monoisotopic (exact) mass is 604 g/mol. The molecule has 0 radical (unpaired) electrons. The number of para-hydroxylation sites is 1. The fraction of sp³-hybridized carbons (Fsp3) is 0.290. The molecule has 8 nitrogen and oxygen atoms in total. The van der Waals surface area contributed by atoms with Gasteiger partial charge in [0, 0.05) is 30.7 Å². The fourth-order valence-electron chi connectivity index (χ4n) is 5.25. The minimum Gasteiger partial charge on any atom is -0.493 e. The molecule has 1 aromatic heterocycles. The number of hydrogen-bond donors (Lipinski definition) is 1. The SMILES string of the molecule is COc1cc(CN2CCc3ccc(Br)cc3C2C)ccc1OCC(=O)Nc1c(C)n(C)n(-c2ccccc2)c1=O. The molecule has 1 aliphatic rings. The summed E-state index contributed by atoms with van der Waals surface area (Å²) in [6, 6.07) is 21.9. The van der Waals surface area contributed by atoms with E-state index in [-0.39, 0.29) is 17.9 Å². The Morgan fingerprint density at radius 1 is 1.07 bits per heavy atom. The maximum absolute atomic E-state index is 13.1. The molecular formula is C31H33BrN4O4. The van der Waals surface area contributed by atoms with Crippen LogP contribution in [-0.4, -0.2) is 40.4 Å². The van der Waals surface area contributed by atoms with Gasteiger partial charge in [0.1, 0.15) is 5.69 Å². The van der Waals surface area contributed by atoms with E-state index in [2.05, 4.69) is 51.3 Å². The van der Waals surface area contributed by atoms with Gasteiger partial charge in [0.2, 0.25) is 0 Å². The van der Waals surface area contributed by atoms with Gasteiger partial charge < -0.3 is 14.8 Å². The van der Waals surface area contributed by atoms with Gasteiger partial charge in [-0.05, 0) is 73.4 Å². The van der Waals surface area contributed by atoms with Crippen molar-refractivity contribution < 1.29 is 14.3 Å². The summed E-state index contributed by atoms with van der Waals surface area (Å²) in [4.78, 5) is 28.3. The summed E-state index contributed by atoms with van der Waals surface area (Å²) in [7, 11) is 3.37. The average Bonchev–Trinajstić information content (AvgIpc) is 3.17. The molecule has 0 saturated heterocycles. The number of methoxy groups -OCH3 is 1. The standard InChI is InChI=1S/C31H33BrN4O4/c1-20-26-17-24(32)12-11-23(26)14-15-35(20)18-22-10-13-27(28(16-22)39-4)40-19-29(37)33-30-21(2)34(3)36(31(30)38)25-8-6-5-7-9-25/h5-13,16-17,20H,14-15,18-19H2,1-4H3,(H,33,37). The van der Waals surface area contributed by atoms with E-state index in [4.69, 9.17) is 9.47 Å². The van der Waals surface area contributed by atoms with Gasteiger partial charge in [-0.25, -0.2) is 4.68 Å². The lowest BCUT2D eigenvalue weighted by Gasteiger charge is -2.35. The zero-order valence-corrected chi connectivity index (χ0v) is 24.7. The second-order valence-electron chi connectivity index (χ2n) is 10.00. The Hall–Kier alpha value is -3.82. The molecule has 1 unspecified atom stereocenters. The smallest absolute Gasteiger partial charge is 0.295 e. The van der Waals surface area contributed by atoms with Crippen molar-refractivity contribution in [2.45, 2.75) is 32.9 Å². The van der Waals surface area contributed by atoms with Gasteiger partial charge >= 0.3 is 0 Å². The number of halogens is 1. The van der Waals surface area contributed by atoms with E-state index in [0.717, 1.165) is 35.2 Å². The average molecular weight is 606 g/mol. The molecule has 9 heteroatoms. The number of anilines is 1. The van der Waals surface area contributed by atoms with Crippen LogP contribution in [0.15, 0.2) is 76.0 Å². The lowest BCUT2D eigenvalue weighted by Crippen LogP contribution is -2.33. The zero-order valence-electron chi connectivity index (χ0n) is 23.1. The number of ether oxygens (including phenoxy) is 2. The van der Waals surface area contributed by atoms with Crippen LogP contribution in [0.5, 0.6) is 11.5 Å². The van der Waals surface area contributed by atoms with Crippen molar-refractivity contribution in [3.8, 4) is 17.2 Å². The second kappa shape index (κ2) is 11.7. The van der Waals surface area contributed by atoms with E-state index in [1.807, 2.05) is 48.5 Å². The van der Waals surface area contributed by atoms with Crippen LogP contribution in [0, 0.1) is 6.92 Å². The van der Waals surface area contributed by atoms with Gasteiger partial charge in [0.05, 0.1) is 18.5 Å². The number of amides is 1. The van der Waals surface area contributed by atoms with Crippen molar-refractivity contribution in [1.82, 2.24) is 14.3 Å². The molecule has 0 spiro atoms. The lowest BCUT2D eigenvalue weighted by molar-refractivity contribution is -0.118. The van der Waals surface area contributed by atoms with Gasteiger partial charge in [-0.3, -0.25) is 19.2 Å². The van der Waals surface area contributed by atoms with Crippen LogP contribution in [0.3, 0.4) is 0 Å². The molecular weight excluding hydrogens is 572 g/mol. The topological polar surface area (TPSA) is 77.7 Å². The molecule has 208 valence electrons. The summed E-state index contributed by atoms with van der Waals surface area (Å²) < 4.78 is 15.7. The molecule has 1 amide bonds. The summed E-state index contributed by atoms with van der Waals surface area (Å²) in [6.07, 6.45) is 1.01. The van der Waals surface area contributed by atoms with Crippen LogP contribution in [0.25, 0.3) is 5.69 Å². The molecule has 40 heavy (non-hydrogen) atoms. The summed E-state index contributed by atoms with van der Waals surface area (Å²) in [5, 5.41) is 2.73. The Morgan fingerprint density at radius 2 is 1.85 bits per heavy atom. The minimum atomic E-state index is -0.427. The number of nitrogens with one attached hydrogen (secondary N) is 1. The number of hydrogen-bond acceptors (Lipinski definition) is 5. The molecule has 2 heterocycles. The fourth-order valence-corrected chi connectivity index (χ4v) is 5.63. The van der Waals surface area contributed by atoms with E-state index < -0.39 is 5.91 Å². The highest BCUT2D eigenvalue weighted by Crippen LogP contribution is 2.34. The second-order valence-corrected chi connectivity index (χ2v) is 10.9. The van der Waals surface area contributed by atoms with E-state index in [1.165, 1.54) is 15.8 Å². The number of fused-ring (bicyclic) bond motifs is 1. The predicted molar refractivity (Wildman–Crippen MR) is 160 cm³/mol. The van der Waals surface area contributed by atoms with Gasteiger partial charge in [-0.1, -0.05) is 46.3 Å². The predicted octanol–water partition coefficient (Wildman–Crippen LogP) is 5.39. The van der Waals surface area contributed by atoms with Crippen molar-refractivity contribution in [3.05, 3.63) is 104 Å². The van der Waals surface area contributed by atoms with E-state index in [1.54, 1.807) is 25.8 Å². The number of rotatable bonds is 8. The van der Waals surface area contributed by atoms with Crippen LogP contribution in [0.4, 0.5) is 5.69 Å². The maximum Gasteiger partial charge on any atom is 0.295 e. The third-order valence-corrected chi connectivity index (χ3v) is 8.06. The summed E-state index contributed by atoms with van der Waals surface area (Å²) in [6.45, 7) is 5.51. The third-order valence-electron chi connectivity index (χ3n) is 7.57. The lowest BCUT2D eigenvalue weighted by atomic mass is 9.93. The molecule has 0 bridgehead atoms. The Kier molecular flexibility index (Phi) is 8.14. The van der Waals surface area contributed by atoms with Crippen LogP contribution in [-0.2, 0) is 24.8 Å². The molecule has 1 atom stereocenters. The molecule has 1 N–H and O–H groups in total. The first kappa shape index (κ1) is 27.7. The van der Waals surface area contributed by atoms with E-state index in [0.29, 0.717) is 23.2 Å². The highest BCUT2D eigenvalue weighted by Gasteiger charge is 2.24. The van der Waals surface area contributed by atoms with Crippen LogP contribution in [0.2, 0.25) is 0 Å². The minimum absolute atomic E-state index is 0.228. The first-order valence-electron chi connectivity index (χ1n) is 13.2. The van der Waals surface area contributed by atoms with Crippen molar-refractivity contribution in [2.24, 2.45) is 7.05 Å². The molecule has 0 fully saturated rings. The Labute approximate surface area is 242 Å². The molecule has 1 aliphatic heterocycles. The Balaban J connectivity index is 1.24. The normalized spacial score (nSPS) is 15.0. The largest absolute Gasteiger partial charge is 0.493 e. The number of carbonyl (C=O) groups is 1. The van der Waals surface area contributed by atoms with E-state index in [9.17, 15) is 9.59 Å². The first-order chi connectivity index (χ1) is 19.3. The van der Waals surface area contributed by atoms with Gasteiger partial charge in [0.25, 0.3) is 11.5 Å². The van der Waals surface area contributed by atoms with Crippen LogP contribution in [0.1, 0.15) is 35.3 Å². The number of benzene rings is 3. The highest BCUT2D eigenvalue weighted by molar-refractivity contribution is 9.10. The zero-order chi connectivity index (χ0) is 28.4. The highest BCUT2D eigenvalue weighted by atomic mass is 79.9. The quantitative estimate of drug-likeness (QED) is 0.292. The number of nitrogens with zero attached hydrogens (tertiary/aromatic N) is 3. The number of carbonyl (C=O) groups excluding carboxylic acids is 1. The van der Waals surface area contributed by atoms with Gasteiger partial charge in [0.15, 0.2) is 18.1 Å². The summed E-state index contributed by atoms with van der Waals surface area (Å²) in [5.41, 5.74) is 5.14. The molecule has 3 aromatic carbocycles. The van der Waals surface area contributed by atoms with Crippen molar-refractivity contribution in [2.75, 3.05) is 25.6 Å². The number of aromatic nitrogens is 2. The van der Waals surface area contributed by atoms with E-state index >= 15 is 0 Å². The summed E-state index contributed by atoms with van der Waals surface area (Å²) >= 11 is 3.60. The Morgan fingerprint density at radius 3 is 2.60 bits per heavy atom. The van der Waals surface area contributed by atoms with Crippen molar-refractivity contribution >= 4 is 27.5 Å². The van der Waals surface area contributed by atoms with Crippen LogP contribution < -0.4 is 20.3 Å². The maximum atomic E-state index is 13.1. The van der Waals surface area contributed by atoms with Crippen molar-refractivity contribution in [3.63, 3.8) is 0 Å². The summed E-state index contributed by atoms with van der Waals surface area (Å²) in [5.74, 6) is 0.596. The molecule has 5 rings (SSSR count). The van der Waals surface area contributed by atoms with Gasteiger partial charge in [-0.2, -0.15) is 0 Å². The Bertz CT molecular complexity index is 1600. The van der Waals surface area contributed by atoms with Gasteiger partial charge in [-0.15, -0.1) is 0 Å². The molecule has 0 aliphatic carbocycles.